The standard InChI is InChI=1S/C16H23BrN2O2/c1-10(2)19-15(20)6-4-5-14(18)16(19)12-9-11(21-3)7-8-13(12)17/h7-10,14,16H,4-6,18H2,1-3H3. The Morgan fingerprint density at radius 1 is 1.43 bits per heavy atom. The fourth-order valence-corrected chi connectivity index (χ4v) is 3.48. The summed E-state index contributed by atoms with van der Waals surface area (Å²) in [6.45, 7) is 4.08. The SMILES string of the molecule is COc1ccc(Br)c(C2C(N)CCCC(=O)N2C(C)C)c1. The average Bonchev–Trinajstić information content (AvgIpc) is 2.58. The van der Waals surface area contributed by atoms with Gasteiger partial charge in [-0.2, -0.15) is 0 Å². The summed E-state index contributed by atoms with van der Waals surface area (Å²) in [7, 11) is 1.64. The van der Waals surface area contributed by atoms with Gasteiger partial charge >= 0.3 is 0 Å². The van der Waals surface area contributed by atoms with E-state index in [0.29, 0.717) is 6.42 Å². The highest BCUT2D eigenvalue weighted by Gasteiger charge is 2.35. The highest BCUT2D eigenvalue weighted by molar-refractivity contribution is 9.10. The topological polar surface area (TPSA) is 55.6 Å². The number of benzene rings is 1. The summed E-state index contributed by atoms with van der Waals surface area (Å²) < 4.78 is 6.29. The molecule has 2 rings (SSSR count). The molecule has 0 aliphatic carbocycles. The highest BCUT2D eigenvalue weighted by atomic mass is 79.9. The predicted molar refractivity (Wildman–Crippen MR) is 87.2 cm³/mol. The van der Waals surface area contributed by atoms with Crippen LogP contribution in [0.25, 0.3) is 0 Å². The summed E-state index contributed by atoms with van der Waals surface area (Å²) in [5, 5.41) is 0. The van der Waals surface area contributed by atoms with E-state index in [9.17, 15) is 4.79 Å². The highest BCUT2D eigenvalue weighted by Crippen LogP contribution is 2.37. The Hall–Kier alpha value is -1.07. The lowest BCUT2D eigenvalue weighted by Gasteiger charge is -2.37. The van der Waals surface area contributed by atoms with E-state index in [2.05, 4.69) is 15.9 Å². The van der Waals surface area contributed by atoms with Crippen LogP contribution in [-0.2, 0) is 4.79 Å². The van der Waals surface area contributed by atoms with Crippen LogP contribution in [0.4, 0.5) is 0 Å². The molecular weight excluding hydrogens is 332 g/mol. The molecular formula is C16H23BrN2O2. The van der Waals surface area contributed by atoms with Crippen LogP contribution in [-0.4, -0.2) is 30.0 Å². The molecule has 0 bridgehead atoms. The van der Waals surface area contributed by atoms with Crippen molar-refractivity contribution in [1.29, 1.82) is 0 Å². The van der Waals surface area contributed by atoms with Gasteiger partial charge in [0.15, 0.2) is 0 Å². The Morgan fingerprint density at radius 3 is 2.76 bits per heavy atom. The van der Waals surface area contributed by atoms with Gasteiger partial charge in [0.25, 0.3) is 0 Å². The molecule has 1 amide bonds. The largest absolute Gasteiger partial charge is 0.497 e. The Morgan fingerprint density at radius 2 is 2.14 bits per heavy atom. The van der Waals surface area contributed by atoms with Crippen molar-refractivity contribution >= 4 is 21.8 Å². The van der Waals surface area contributed by atoms with Crippen molar-refractivity contribution in [2.45, 2.75) is 51.2 Å². The van der Waals surface area contributed by atoms with E-state index in [0.717, 1.165) is 28.6 Å². The van der Waals surface area contributed by atoms with Crippen molar-refractivity contribution in [1.82, 2.24) is 4.90 Å². The molecule has 1 saturated heterocycles. The molecule has 1 aromatic rings. The Labute approximate surface area is 134 Å². The number of ether oxygens (including phenoxy) is 1. The number of methoxy groups -OCH3 is 1. The third-order valence-corrected chi connectivity index (χ3v) is 4.72. The molecule has 2 unspecified atom stereocenters. The number of carbonyl (C=O) groups is 1. The number of amides is 1. The van der Waals surface area contributed by atoms with Gasteiger partial charge in [0, 0.05) is 23.0 Å². The maximum absolute atomic E-state index is 12.5. The van der Waals surface area contributed by atoms with Gasteiger partial charge in [0.1, 0.15) is 5.75 Å². The summed E-state index contributed by atoms with van der Waals surface area (Å²) in [5.41, 5.74) is 7.43. The van der Waals surface area contributed by atoms with E-state index in [1.165, 1.54) is 0 Å². The van der Waals surface area contributed by atoms with Crippen molar-refractivity contribution in [3.8, 4) is 5.75 Å². The average molecular weight is 355 g/mol. The molecule has 2 N–H and O–H groups in total. The zero-order valence-electron chi connectivity index (χ0n) is 12.8. The number of carbonyl (C=O) groups excluding carboxylic acids is 1. The quantitative estimate of drug-likeness (QED) is 0.906. The van der Waals surface area contributed by atoms with Crippen molar-refractivity contribution < 1.29 is 9.53 Å². The van der Waals surface area contributed by atoms with E-state index in [-0.39, 0.29) is 24.0 Å². The first-order valence-electron chi connectivity index (χ1n) is 7.36. The second-order valence-corrected chi connectivity index (χ2v) is 6.64. The molecule has 1 aromatic carbocycles. The van der Waals surface area contributed by atoms with Gasteiger partial charge in [-0.25, -0.2) is 0 Å². The third kappa shape index (κ3) is 3.40. The van der Waals surface area contributed by atoms with E-state index in [4.69, 9.17) is 10.5 Å². The van der Waals surface area contributed by atoms with Crippen LogP contribution in [0.15, 0.2) is 22.7 Å². The third-order valence-electron chi connectivity index (χ3n) is 4.00. The van der Waals surface area contributed by atoms with Crippen LogP contribution >= 0.6 is 15.9 Å². The summed E-state index contributed by atoms with van der Waals surface area (Å²) >= 11 is 3.60. The molecule has 4 nitrogen and oxygen atoms in total. The first-order valence-corrected chi connectivity index (χ1v) is 8.15. The summed E-state index contributed by atoms with van der Waals surface area (Å²) in [6, 6.07) is 5.76. The van der Waals surface area contributed by atoms with Crippen LogP contribution < -0.4 is 10.5 Å². The van der Waals surface area contributed by atoms with Gasteiger partial charge in [0.2, 0.25) is 5.91 Å². The van der Waals surface area contributed by atoms with E-state index < -0.39 is 0 Å². The molecule has 116 valence electrons. The molecule has 21 heavy (non-hydrogen) atoms. The predicted octanol–water partition coefficient (Wildman–Crippen LogP) is 3.25. The van der Waals surface area contributed by atoms with Crippen LogP contribution in [0.5, 0.6) is 5.75 Å². The molecule has 0 aromatic heterocycles. The smallest absolute Gasteiger partial charge is 0.223 e. The molecule has 1 fully saturated rings. The van der Waals surface area contributed by atoms with Crippen LogP contribution in [0, 0.1) is 0 Å². The zero-order chi connectivity index (χ0) is 15.6. The minimum atomic E-state index is -0.121. The molecule has 0 saturated carbocycles. The summed E-state index contributed by atoms with van der Waals surface area (Å²) in [5.74, 6) is 0.957. The van der Waals surface area contributed by atoms with Crippen molar-refractivity contribution in [3.05, 3.63) is 28.2 Å². The molecule has 0 spiro atoms. The second kappa shape index (κ2) is 6.79. The van der Waals surface area contributed by atoms with Gasteiger partial charge in [-0.3, -0.25) is 4.79 Å². The normalized spacial score (nSPS) is 23.3. The Balaban J connectivity index is 2.51. The van der Waals surface area contributed by atoms with Crippen LogP contribution in [0.2, 0.25) is 0 Å². The number of hydrogen-bond donors (Lipinski definition) is 1. The van der Waals surface area contributed by atoms with Gasteiger partial charge < -0.3 is 15.4 Å². The minimum Gasteiger partial charge on any atom is -0.497 e. The maximum Gasteiger partial charge on any atom is 0.223 e. The number of halogens is 1. The van der Waals surface area contributed by atoms with Gasteiger partial charge in [0.05, 0.1) is 13.2 Å². The second-order valence-electron chi connectivity index (χ2n) is 5.78. The van der Waals surface area contributed by atoms with E-state index >= 15 is 0 Å². The molecule has 2 atom stereocenters. The first-order chi connectivity index (χ1) is 9.95. The van der Waals surface area contributed by atoms with Crippen LogP contribution in [0.3, 0.4) is 0 Å². The Bertz CT molecular complexity index is 519. The van der Waals surface area contributed by atoms with Gasteiger partial charge in [-0.15, -0.1) is 0 Å². The number of hydrogen-bond acceptors (Lipinski definition) is 3. The van der Waals surface area contributed by atoms with E-state index in [1.807, 2.05) is 36.9 Å². The zero-order valence-corrected chi connectivity index (χ0v) is 14.4. The molecule has 1 aliphatic rings. The monoisotopic (exact) mass is 354 g/mol. The van der Waals surface area contributed by atoms with Crippen LogP contribution in [0.1, 0.15) is 44.7 Å². The Kier molecular flexibility index (Phi) is 5.27. The number of likely N-dealkylation sites (tertiary alicyclic amines) is 1. The number of rotatable bonds is 3. The lowest BCUT2D eigenvalue weighted by molar-refractivity contribution is -0.135. The summed E-state index contributed by atoms with van der Waals surface area (Å²) in [4.78, 5) is 14.4. The van der Waals surface area contributed by atoms with E-state index in [1.54, 1.807) is 7.11 Å². The lowest BCUT2D eigenvalue weighted by atomic mass is 9.95. The minimum absolute atomic E-state index is 0.0674. The first kappa shape index (κ1) is 16.3. The molecule has 1 heterocycles. The molecule has 5 heteroatoms. The van der Waals surface area contributed by atoms with Gasteiger partial charge in [-0.05, 0) is 50.5 Å². The number of nitrogens with zero attached hydrogens (tertiary/aromatic N) is 1. The summed E-state index contributed by atoms with van der Waals surface area (Å²) in [6.07, 6.45) is 2.27. The van der Waals surface area contributed by atoms with Crippen molar-refractivity contribution in [3.63, 3.8) is 0 Å². The molecule has 0 radical (unpaired) electrons. The molecule has 1 aliphatic heterocycles. The van der Waals surface area contributed by atoms with Gasteiger partial charge in [-0.1, -0.05) is 15.9 Å². The fourth-order valence-electron chi connectivity index (χ4n) is 3.00. The number of nitrogens with two attached hydrogens (primary N) is 1. The maximum atomic E-state index is 12.5. The van der Waals surface area contributed by atoms with Crippen molar-refractivity contribution in [2.75, 3.05) is 7.11 Å². The fraction of sp³-hybridized carbons (Fsp3) is 0.562. The van der Waals surface area contributed by atoms with Crippen molar-refractivity contribution in [2.24, 2.45) is 5.73 Å². The lowest BCUT2D eigenvalue weighted by Crippen LogP contribution is -2.45.